The number of nitrogen functional groups attached to an aromatic ring is 1. The molecule has 0 saturated carbocycles. The summed E-state index contributed by atoms with van der Waals surface area (Å²) in [5, 5.41) is 9.00. The normalized spacial score (nSPS) is 10.7. The van der Waals surface area contributed by atoms with Crippen LogP contribution in [0.25, 0.3) is 0 Å². The van der Waals surface area contributed by atoms with Gasteiger partial charge in [0.05, 0.1) is 5.56 Å². The van der Waals surface area contributed by atoms with Gasteiger partial charge >= 0.3 is 0 Å². The molecule has 0 saturated heterocycles. The van der Waals surface area contributed by atoms with Crippen molar-refractivity contribution >= 4 is 21.7 Å². The van der Waals surface area contributed by atoms with Crippen LogP contribution in [0.1, 0.15) is 12.0 Å². The van der Waals surface area contributed by atoms with Gasteiger partial charge in [-0.15, -0.1) is 0 Å². The van der Waals surface area contributed by atoms with Gasteiger partial charge < -0.3 is 10.8 Å². The molecule has 0 amide bonds. The van der Waals surface area contributed by atoms with E-state index in [1.54, 1.807) is 0 Å². The number of nitrogens with zero attached hydrogens (tertiary/aromatic N) is 1. The van der Waals surface area contributed by atoms with E-state index in [-0.39, 0.29) is 10.4 Å². The maximum absolute atomic E-state index is 12.1. The molecule has 1 aromatic rings. The molecule has 12 heavy (non-hydrogen) atoms. The summed E-state index contributed by atoms with van der Waals surface area (Å²) in [4.78, 5) is 3.53. The van der Waals surface area contributed by atoms with E-state index in [9.17, 15) is 8.78 Å². The average Bonchev–Trinajstić information content (AvgIpc) is 1.96. The van der Waals surface area contributed by atoms with Crippen molar-refractivity contribution in [3.63, 3.8) is 0 Å². The molecule has 0 aliphatic carbocycles. The lowest BCUT2D eigenvalue weighted by Crippen LogP contribution is -1.95. The number of aromatic hydroxyl groups is 1. The van der Waals surface area contributed by atoms with Gasteiger partial charge in [0.15, 0.2) is 11.6 Å². The van der Waals surface area contributed by atoms with Crippen LogP contribution >= 0.6 is 15.9 Å². The maximum atomic E-state index is 12.1. The summed E-state index contributed by atoms with van der Waals surface area (Å²) in [5.41, 5.74) is 4.62. The molecule has 3 N–H and O–H groups in total. The summed E-state index contributed by atoms with van der Waals surface area (Å²) in [6.45, 7) is 0. The molecular weight excluding hydrogens is 234 g/mol. The van der Waals surface area contributed by atoms with Crippen LogP contribution in [0, 0.1) is 0 Å². The van der Waals surface area contributed by atoms with E-state index in [1.165, 1.54) is 0 Å². The highest BCUT2D eigenvalue weighted by Crippen LogP contribution is 2.33. The maximum Gasteiger partial charge on any atom is 0.267 e. The van der Waals surface area contributed by atoms with Crippen LogP contribution in [-0.2, 0) is 0 Å². The van der Waals surface area contributed by atoms with E-state index in [2.05, 4.69) is 20.9 Å². The third-order valence-corrected chi connectivity index (χ3v) is 1.66. The summed E-state index contributed by atoms with van der Waals surface area (Å²) in [5.74, 6) is -0.965. The number of alkyl halides is 2. The molecule has 1 aromatic heterocycles. The lowest BCUT2D eigenvalue weighted by atomic mass is 10.2. The second-order valence-electron chi connectivity index (χ2n) is 2.07. The molecule has 1 rings (SSSR count). The van der Waals surface area contributed by atoms with Crippen LogP contribution in [0.2, 0.25) is 0 Å². The highest BCUT2D eigenvalue weighted by atomic mass is 79.9. The lowest BCUT2D eigenvalue weighted by molar-refractivity contribution is 0.147. The first-order chi connectivity index (χ1) is 5.52. The predicted octanol–water partition coefficient (Wildman–Crippen LogP) is 2.07. The molecule has 0 aromatic carbocycles. The molecule has 3 nitrogen and oxygen atoms in total. The smallest absolute Gasteiger partial charge is 0.267 e. The fraction of sp³-hybridized carbons (Fsp3) is 0.167. The Labute approximate surface area is 75.3 Å². The number of aromatic nitrogens is 1. The standard InChI is InChI=1S/C6H5BrF2N2O/c7-3-1-2(5(8)9)4(12)6(10)11-3/h1,5,12H,(H2,10,11). The predicted molar refractivity (Wildman–Crippen MR) is 43.0 cm³/mol. The molecule has 0 fully saturated rings. The Morgan fingerprint density at radius 3 is 2.67 bits per heavy atom. The van der Waals surface area contributed by atoms with Crippen LogP contribution in [0.3, 0.4) is 0 Å². The van der Waals surface area contributed by atoms with E-state index in [0.717, 1.165) is 6.07 Å². The first-order valence-electron chi connectivity index (χ1n) is 2.95. The zero-order valence-electron chi connectivity index (χ0n) is 5.76. The first-order valence-corrected chi connectivity index (χ1v) is 3.74. The number of hydrogen-bond acceptors (Lipinski definition) is 3. The van der Waals surface area contributed by atoms with Crippen molar-refractivity contribution in [3.8, 4) is 5.75 Å². The number of rotatable bonds is 1. The highest BCUT2D eigenvalue weighted by Gasteiger charge is 2.16. The van der Waals surface area contributed by atoms with Crippen molar-refractivity contribution in [2.24, 2.45) is 0 Å². The first kappa shape index (κ1) is 9.18. The number of nitrogens with two attached hydrogens (primary N) is 1. The van der Waals surface area contributed by atoms with Gasteiger partial charge in [0, 0.05) is 0 Å². The van der Waals surface area contributed by atoms with Gasteiger partial charge in [-0.1, -0.05) is 0 Å². The van der Waals surface area contributed by atoms with Gasteiger partial charge in [0.1, 0.15) is 4.60 Å². The Balaban J connectivity index is 3.28. The van der Waals surface area contributed by atoms with Crippen LogP contribution in [0.4, 0.5) is 14.6 Å². The van der Waals surface area contributed by atoms with Gasteiger partial charge in [-0.05, 0) is 22.0 Å². The summed E-state index contributed by atoms with van der Waals surface area (Å²) in [6.07, 6.45) is -2.76. The molecule has 0 unspecified atom stereocenters. The Hall–Kier alpha value is -0.910. The zero-order chi connectivity index (χ0) is 9.30. The number of pyridine rings is 1. The summed E-state index contributed by atoms with van der Waals surface area (Å²) < 4.78 is 24.4. The van der Waals surface area contributed by atoms with Crippen molar-refractivity contribution in [1.82, 2.24) is 4.98 Å². The van der Waals surface area contributed by atoms with Crippen molar-refractivity contribution in [2.75, 3.05) is 5.73 Å². The largest absolute Gasteiger partial charge is 0.504 e. The van der Waals surface area contributed by atoms with Crippen LogP contribution in [0.5, 0.6) is 5.75 Å². The molecule has 0 atom stereocenters. The minimum Gasteiger partial charge on any atom is -0.504 e. The fourth-order valence-corrected chi connectivity index (χ4v) is 1.15. The van der Waals surface area contributed by atoms with Crippen LogP contribution in [0.15, 0.2) is 10.7 Å². The lowest BCUT2D eigenvalue weighted by Gasteiger charge is -2.05. The molecule has 0 bridgehead atoms. The molecule has 0 aliphatic rings. The van der Waals surface area contributed by atoms with Gasteiger partial charge in [0.25, 0.3) is 6.43 Å². The van der Waals surface area contributed by atoms with E-state index in [0.29, 0.717) is 0 Å². The molecular formula is C6H5BrF2N2O. The summed E-state index contributed by atoms with van der Waals surface area (Å²) in [7, 11) is 0. The number of hydrogen-bond donors (Lipinski definition) is 2. The van der Waals surface area contributed by atoms with Crippen LogP contribution in [-0.4, -0.2) is 10.1 Å². The SMILES string of the molecule is Nc1nc(Br)cc(C(F)F)c1O. The third kappa shape index (κ3) is 1.63. The summed E-state index contributed by atoms with van der Waals surface area (Å²) in [6, 6.07) is 1.02. The van der Waals surface area contributed by atoms with Gasteiger partial charge in [-0.2, -0.15) is 0 Å². The average molecular weight is 239 g/mol. The quantitative estimate of drug-likeness (QED) is 0.737. The van der Waals surface area contributed by atoms with Gasteiger partial charge in [-0.3, -0.25) is 0 Å². The second kappa shape index (κ2) is 3.22. The fourth-order valence-electron chi connectivity index (χ4n) is 0.711. The number of anilines is 1. The van der Waals surface area contributed by atoms with E-state index in [1.807, 2.05) is 0 Å². The van der Waals surface area contributed by atoms with Gasteiger partial charge in [0.2, 0.25) is 0 Å². The summed E-state index contributed by atoms with van der Waals surface area (Å²) >= 11 is 2.88. The Morgan fingerprint density at radius 1 is 1.58 bits per heavy atom. The Morgan fingerprint density at radius 2 is 2.17 bits per heavy atom. The molecule has 6 heteroatoms. The zero-order valence-corrected chi connectivity index (χ0v) is 7.35. The van der Waals surface area contributed by atoms with E-state index < -0.39 is 17.7 Å². The monoisotopic (exact) mass is 238 g/mol. The van der Waals surface area contributed by atoms with Crippen LogP contribution < -0.4 is 5.73 Å². The van der Waals surface area contributed by atoms with Crippen molar-refractivity contribution in [3.05, 3.63) is 16.2 Å². The van der Waals surface area contributed by atoms with Crippen molar-refractivity contribution in [1.29, 1.82) is 0 Å². The second-order valence-corrected chi connectivity index (χ2v) is 2.88. The molecule has 0 aliphatic heterocycles. The van der Waals surface area contributed by atoms with Gasteiger partial charge in [-0.25, -0.2) is 13.8 Å². The molecule has 0 spiro atoms. The Kier molecular flexibility index (Phi) is 2.46. The molecule has 66 valence electrons. The molecule has 0 radical (unpaired) electrons. The highest BCUT2D eigenvalue weighted by molar-refractivity contribution is 9.10. The van der Waals surface area contributed by atoms with E-state index in [4.69, 9.17) is 10.8 Å². The van der Waals surface area contributed by atoms with Crippen molar-refractivity contribution in [2.45, 2.75) is 6.43 Å². The number of halogens is 3. The topological polar surface area (TPSA) is 59.1 Å². The Bertz CT molecular complexity index is 306. The van der Waals surface area contributed by atoms with E-state index >= 15 is 0 Å². The minimum atomic E-state index is -2.76. The van der Waals surface area contributed by atoms with Crippen molar-refractivity contribution < 1.29 is 13.9 Å². The molecule has 1 heterocycles. The minimum absolute atomic E-state index is 0.174. The third-order valence-electron chi connectivity index (χ3n) is 1.25.